The van der Waals surface area contributed by atoms with Gasteiger partial charge in [-0.05, 0) is 26.0 Å². The van der Waals surface area contributed by atoms with Crippen molar-refractivity contribution in [3.05, 3.63) is 64.6 Å². The van der Waals surface area contributed by atoms with Crippen LogP contribution in [0.25, 0.3) is 11.4 Å². The second-order valence-corrected chi connectivity index (χ2v) is 7.13. The molecule has 0 unspecified atom stereocenters. The Morgan fingerprint density at radius 3 is 2.83 bits per heavy atom. The highest BCUT2D eigenvalue weighted by Gasteiger charge is 2.18. The molecule has 1 aromatic carbocycles. The molecule has 0 saturated heterocycles. The van der Waals surface area contributed by atoms with Gasteiger partial charge in [-0.3, -0.25) is 19.5 Å². The molecule has 1 amide bonds. The predicted molar refractivity (Wildman–Crippen MR) is 110 cm³/mol. The first kappa shape index (κ1) is 20.3. The highest BCUT2D eigenvalue weighted by molar-refractivity contribution is 7.99. The van der Waals surface area contributed by atoms with Gasteiger partial charge in [-0.2, -0.15) is 0 Å². The molecular formula is C19H19N5O4S. The number of rotatable bonds is 8. The number of nitrogens with one attached hydrogen (secondary N) is 1. The monoisotopic (exact) mass is 413 g/mol. The average Bonchev–Trinajstić information content (AvgIpc) is 3.27. The van der Waals surface area contributed by atoms with Crippen molar-refractivity contribution in [2.45, 2.75) is 25.5 Å². The van der Waals surface area contributed by atoms with Gasteiger partial charge in [-0.15, -0.1) is 16.8 Å². The molecular weight excluding hydrogens is 394 g/mol. The number of aromatic nitrogens is 3. The van der Waals surface area contributed by atoms with E-state index in [0.717, 1.165) is 11.3 Å². The first-order valence-electron chi connectivity index (χ1n) is 8.67. The molecule has 0 aliphatic rings. The smallest absolute Gasteiger partial charge is 0.274 e. The van der Waals surface area contributed by atoms with E-state index in [-0.39, 0.29) is 17.3 Å². The molecule has 0 atom stereocenters. The molecule has 0 aliphatic heterocycles. The van der Waals surface area contributed by atoms with Crippen LogP contribution in [0.4, 0.5) is 11.4 Å². The Morgan fingerprint density at radius 2 is 2.17 bits per heavy atom. The number of nitro groups is 1. The largest absolute Gasteiger partial charge is 0.469 e. The van der Waals surface area contributed by atoms with Crippen molar-refractivity contribution in [3.63, 3.8) is 0 Å². The third-order valence-corrected chi connectivity index (χ3v) is 5.12. The number of furan rings is 1. The maximum Gasteiger partial charge on any atom is 0.274 e. The standard InChI is InChI=1S/C19H19N5O4S/c1-4-8-23-18(15-7-9-28-13(15)3)21-22-19(23)29-11-17(25)20-14-6-5-12(2)16(10-14)24(26)27/h4-7,9-10H,1,8,11H2,2-3H3,(H,20,25). The molecule has 3 rings (SSSR count). The second-order valence-electron chi connectivity index (χ2n) is 6.19. The Bertz CT molecular complexity index is 1070. The zero-order valence-corrected chi connectivity index (χ0v) is 16.7. The second kappa shape index (κ2) is 8.74. The number of thioether (sulfide) groups is 1. The number of aryl methyl sites for hydroxylation is 2. The maximum absolute atomic E-state index is 12.3. The van der Waals surface area contributed by atoms with Crippen LogP contribution in [0, 0.1) is 24.0 Å². The molecule has 0 radical (unpaired) electrons. The molecule has 0 aliphatic carbocycles. The van der Waals surface area contributed by atoms with Gasteiger partial charge in [0.15, 0.2) is 11.0 Å². The van der Waals surface area contributed by atoms with Gasteiger partial charge in [0.2, 0.25) is 5.91 Å². The average molecular weight is 413 g/mol. The third kappa shape index (κ3) is 4.54. The number of nitrogens with zero attached hydrogens (tertiary/aromatic N) is 4. The summed E-state index contributed by atoms with van der Waals surface area (Å²) in [6.45, 7) is 7.71. The summed E-state index contributed by atoms with van der Waals surface area (Å²) in [6, 6.07) is 6.38. The number of allylic oxidation sites excluding steroid dienone is 1. The Labute approximate surface area is 171 Å². The molecule has 150 valence electrons. The first-order valence-corrected chi connectivity index (χ1v) is 9.65. The number of carbonyl (C=O) groups is 1. The van der Waals surface area contributed by atoms with Crippen molar-refractivity contribution >= 4 is 29.0 Å². The summed E-state index contributed by atoms with van der Waals surface area (Å²) in [4.78, 5) is 22.9. The highest BCUT2D eigenvalue weighted by atomic mass is 32.2. The summed E-state index contributed by atoms with van der Waals surface area (Å²) in [7, 11) is 0. The number of benzene rings is 1. The number of carbonyl (C=O) groups excluding carboxylic acids is 1. The minimum Gasteiger partial charge on any atom is -0.469 e. The van der Waals surface area contributed by atoms with Crippen LogP contribution in [0.2, 0.25) is 0 Å². The molecule has 2 heterocycles. The number of hydrogen-bond acceptors (Lipinski definition) is 7. The molecule has 2 aromatic heterocycles. The van der Waals surface area contributed by atoms with E-state index in [4.69, 9.17) is 4.42 Å². The van der Waals surface area contributed by atoms with Crippen molar-refractivity contribution in [2.75, 3.05) is 11.1 Å². The zero-order valence-electron chi connectivity index (χ0n) is 15.9. The van der Waals surface area contributed by atoms with Crippen molar-refractivity contribution in [3.8, 4) is 11.4 Å². The fraction of sp³-hybridized carbons (Fsp3) is 0.211. The van der Waals surface area contributed by atoms with Gasteiger partial charge in [0.25, 0.3) is 5.69 Å². The molecule has 1 N–H and O–H groups in total. The molecule has 0 saturated carbocycles. The maximum atomic E-state index is 12.3. The fourth-order valence-corrected chi connectivity index (χ4v) is 3.46. The highest BCUT2D eigenvalue weighted by Crippen LogP contribution is 2.27. The van der Waals surface area contributed by atoms with E-state index in [1.807, 2.05) is 17.6 Å². The van der Waals surface area contributed by atoms with Gasteiger partial charge in [0, 0.05) is 23.9 Å². The minimum atomic E-state index is -0.475. The Morgan fingerprint density at radius 1 is 1.38 bits per heavy atom. The molecule has 29 heavy (non-hydrogen) atoms. The van der Waals surface area contributed by atoms with Crippen molar-refractivity contribution in [1.82, 2.24) is 14.8 Å². The zero-order chi connectivity index (χ0) is 21.0. The van der Waals surface area contributed by atoms with Crippen LogP contribution in [0.1, 0.15) is 11.3 Å². The van der Waals surface area contributed by atoms with Gasteiger partial charge in [-0.25, -0.2) is 0 Å². The van der Waals surface area contributed by atoms with Crippen LogP contribution < -0.4 is 5.32 Å². The quantitative estimate of drug-likeness (QED) is 0.257. The molecule has 0 spiro atoms. The van der Waals surface area contributed by atoms with Crippen LogP contribution in [0.15, 0.2) is 52.8 Å². The van der Waals surface area contributed by atoms with Crippen molar-refractivity contribution in [2.24, 2.45) is 0 Å². The third-order valence-electron chi connectivity index (χ3n) is 4.15. The van der Waals surface area contributed by atoms with E-state index in [2.05, 4.69) is 22.1 Å². The number of anilines is 1. The van der Waals surface area contributed by atoms with E-state index in [1.165, 1.54) is 17.8 Å². The van der Waals surface area contributed by atoms with Crippen LogP contribution >= 0.6 is 11.8 Å². The summed E-state index contributed by atoms with van der Waals surface area (Å²) in [6.07, 6.45) is 3.30. The van der Waals surface area contributed by atoms with Gasteiger partial charge in [0.1, 0.15) is 5.76 Å². The molecule has 0 bridgehead atoms. The van der Waals surface area contributed by atoms with E-state index >= 15 is 0 Å². The summed E-state index contributed by atoms with van der Waals surface area (Å²) in [5, 5.41) is 22.7. The number of nitro benzene ring substituents is 1. The summed E-state index contributed by atoms with van der Waals surface area (Å²) in [5.74, 6) is 1.12. The molecule has 9 nitrogen and oxygen atoms in total. The lowest BCUT2D eigenvalue weighted by molar-refractivity contribution is -0.385. The lowest BCUT2D eigenvalue weighted by atomic mass is 10.2. The molecule has 3 aromatic rings. The summed E-state index contributed by atoms with van der Waals surface area (Å²) < 4.78 is 7.18. The van der Waals surface area contributed by atoms with Crippen LogP contribution in [-0.2, 0) is 11.3 Å². The van der Waals surface area contributed by atoms with Gasteiger partial charge >= 0.3 is 0 Å². The van der Waals surface area contributed by atoms with Crippen LogP contribution in [0.3, 0.4) is 0 Å². The summed E-state index contributed by atoms with van der Waals surface area (Å²) in [5.41, 5.74) is 1.68. The normalized spacial score (nSPS) is 10.7. The Hall–Kier alpha value is -3.40. The molecule has 10 heteroatoms. The fourth-order valence-electron chi connectivity index (χ4n) is 2.72. The van der Waals surface area contributed by atoms with E-state index in [9.17, 15) is 14.9 Å². The van der Waals surface area contributed by atoms with Crippen molar-refractivity contribution < 1.29 is 14.1 Å². The Kier molecular flexibility index (Phi) is 6.13. The topological polar surface area (TPSA) is 116 Å². The summed E-state index contributed by atoms with van der Waals surface area (Å²) >= 11 is 1.22. The van der Waals surface area contributed by atoms with Gasteiger partial charge in [0.05, 0.1) is 22.5 Å². The van der Waals surface area contributed by atoms with Crippen molar-refractivity contribution in [1.29, 1.82) is 0 Å². The predicted octanol–water partition coefficient (Wildman–Crippen LogP) is 3.98. The Balaban J connectivity index is 1.71. The van der Waals surface area contributed by atoms with Gasteiger partial charge < -0.3 is 9.73 Å². The van der Waals surface area contributed by atoms with E-state index < -0.39 is 4.92 Å². The lowest BCUT2D eigenvalue weighted by Crippen LogP contribution is -2.15. The SMILES string of the molecule is C=CCn1c(SCC(=O)Nc2ccc(C)c([N+](=O)[O-])c2)nnc1-c1ccoc1C. The van der Waals surface area contributed by atoms with Gasteiger partial charge in [-0.1, -0.05) is 23.9 Å². The van der Waals surface area contributed by atoms with Crippen LogP contribution in [-0.4, -0.2) is 31.3 Å². The van der Waals surface area contributed by atoms with E-state index in [0.29, 0.717) is 28.8 Å². The first-order chi connectivity index (χ1) is 13.9. The number of amides is 1. The number of hydrogen-bond donors (Lipinski definition) is 1. The lowest BCUT2D eigenvalue weighted by Gasteiger charge is -2.08. The molecule has 0 fully saturated rings. The van der Waals surface area contributed by atoms with Crippen LogP contribution in [0.5, 0.6) is 0 Å². The minimum absolute atomic E-state index is 0.0405. The van der Waals surface area contributed by atoms with E-state index in [1.54, 1.807) is 31.4 Å².